The van der Waals surface area contributed by atoms with Gasteiger partial charge in [-0.15, -0.1) is 0 Å². The molecule has 5 aromatic carbocycles. The minimum atomic E-state index is 0.932. The zero-order chi connectivity index (χ0) is 22.6. The number of pyridine rings is 1. The molecular weight excluding hydrogens is 416 g/mol. The molecule has 8 rings (SSSR count). The monoisotopic (exact) mass is 437 g/mol. The summed E-state index contributed by atoms with van der Waals surface area (Å²) in [6.07, 6.45) is 4.30. The third kappa shape index (κ3) is 2.14. The average molecular weight is 438 g/mol. The molecule has 0 radical (unpaired) electrons. The molecule has 0 fully saturated rings. The predicted octanol–water partition coefficient (Wildman–Crippen LogP) is 7.58. The fourth-order valence-corrected chi connectivity index (χ4v) is 5.93. The van der Waals surface area contributed by atoms with E-state index in [-0.39, 0.29) is 0 Å². The third-order valence-corrected chi connectivity index (χ3v) is 7.52. The molecule has 0 amide bonds. The van der Waals surface area contributed by atoms with Crippen molar-refractivity contribution in [2.24, 2.45) is 7.05 Å². The van der Waals surface area contributed by atoms with E-state index >= 15 is 0 Å². The molecule has 0 spiro atoms. The molecule has 3 nitrogen and oxygen atoms in total. The van der Waals surface area contributed by atoms with Crippen molar-refractivity contribution in [2.75, 3.05) is 0 Å². The van der Waals surface area contributed by atoms with Gasteiger partial charge in [0.2, 0.25) is 0 Å². The summed E-state index contributed by atoms with van der Waals surface area (Å²) < 4.78 is 11.1. The van der Waals surface area contributed by atoms with Crippen LogP contribution in [-0.2, 0) is 7.05 Å². The summed E-state index contributed by atoms with van der Waals surface area (Å²) in [5, 5.41) is 11.0. The van der Waals surface area contributed by atoms with Gasteiger partial charge in [0.15, 0.2) is 0 Å². The Kier molecular flexibility index (Phi) is 3.27. The van der Waals surface area contributed by atoms with Crippen LogP contribution in [0.5, 0.6) is 0 Å². The summed E-state index contributed by atoms with van der Waals surface area (Å²) in [5.41, 5.74) is 5.58. The summed E-state index contributed by atoms with van der Waals surface area (Å²) in [5.74, 6) is 0. The highest BCUT2D eigenvalue weighted by molar-refractivity contribution is 6.23. The number of imidazole rings is 1. The maximum atomic E-state index is 6.60. The van der Waals surface area contributed by atoms with E-state index in [1.807, 2.05) is 0 Å². The van der Waals surface area contributed by atoms with E-state index in [0.717, 1.165) is 27.3 Å². The summed E-state index contributed by atoms with van der Waals surface area (Å²) in [6.45, 7) is 2.19. The van der Waals surface area contributed by atoms with Crippen molar-refractivity contribution in [3.8, 4) is 0 Å². The van der Waals surface area contributed by atoms with Gasteiger partial charge in [-0.2, -0.15) is 4.40 Å². The number of benzene rings is 5. The lowest BCUT2D eigenvalue weighted by Gasteiger charge is -2.07. The van der Waals surface area contributed by atoms with Gasteiger partial charge >= 0.3 is 0 Å². The van der Waals surface area contributed by atoms with Gasteiger partial charge < -0.3 is 4.42 Å². The lowest BCUT2D eigenvalue weighted by atomic mass is 9.98. The third-order valence-electron chi connectivity index (χ3n) is 7.52. The Balaban J connectivity index is 1.59. The van der Waals surface area contributed by atoms with Crippen LogP contribution >= 0.6 is 0 Å². The van der Waals surface area contributed by atoms with E-state index in [1.165, 1.54) is 49.0 Å². The Labute approximate surface area is 195 Å². The normalized spacial score (nSPS) is 12.4. The van der Waals surface area contributed by atoms with Gasteiger partial charge in [0, 0.05) is 26.9 Å². The molecule has 0 saturated carbocycles. The van der Waals surface area contributed by atoms with Crippen molar-refractivity contribution >= 4 is 70.8 Å². The molecule has 160 valence electrons. The van der Waals surface area contributed by atoms with Crippen LogP contribution in [0, 0.1) is 6.92 Å². The molecule has 0 saturated heterocycles. The minimum Gasteiger partial charge on any atom is -0.455 e. The molecule has 0 atom stereocenters. The van der Waals surface area contributed by atoms with Crippen LogP contribution in [0.2, 0.25) is 0 Å². The molecule has 0 bridgehead atoms. The van der Waals surface area contributed by atoms with Crippen molar-refractivity contribution in [3.63, 3.8) is 0 Å². The maximum absolute atomic E-state index is 6.60. The molecule has 0 unspecified atom stereocenters. The molecule has 3 heteroatoms. The van der Waals surface area contributed by atoms with Crippen molar-refractivity contribution in [1.29, 1.82) is 0 Å². The minimum absolute atomic E-state index is 0.932. The molecule has 0 aliphatic heterocycles. The topological polar surface area (TPSA) is 21.4 Å². The molecule has 3 aromatic heterocycles. The van der Waals surface area contributed by atoms with Crippen molar-refractivity contribution in [3.05, 3.63) is 96.8 Å². The first-order valence-electron chi connectivity index (χ1n) is 11.7. The summed E-state index contributed by atoms with van der Waals surface area (Å²) >= 11 is 0. The summed E-state index contributed by atoms with van der Waals surface area (Å²) in [6, 6.07) is 28.5. The van der Waals surface area contributed by atoms with Gasteiger partial charge in [-0.3, -0.25) is 0 Å². The average Bonchev–Trinajstić information content (AvgIpc) is 3.43. The SMILES string of the molecule is Cc1cccc2c3cc4oc5c(ccc6c7ccccc7ccc65)c4cc3n3cc[n+](C)c3c12. The second-order valence-corrected chi connectivity index (χ2v) is 9.39. The summed E-state index contributed by atoms with van der Waals surface area (Å²) in [4.78, 5) is 0. The molecule has 0 aliphatic carbocycles. The summed E-state index contributed by atoms with van der Waals surface area (Å²) in [7, 11) is 2.12. The smallest absolute Gasteiger partial charge is 0.294 e. The zero-order valence-electron chi connectivity index (χ0n) is 19.0. The van der Waals surface area contributed by atoms with Crippen LogP contribution < -0.4 is 4.57 Å². The Bertz CT molecular complexity index is 2140. The van der Waals surface area contributed by atoms with E-state index in [4.69, 9.17) is 4.42 Å². The highest BCUT2D eigenvalue weighted by Crippen LogP contribution is 2.40. The van der Waals surface area contributed by atoms with Crippen LogP contribution in [0.4, 0.5) is 0 Å². The fraction of sp³-hybridized carbons (Fsp3) is 0.0645. The second kappa shape index (κ2) is 6.15. The van der Waals surface area contributed by atoms with Crippen LogP contribution in [0.15, 0.2) is 95.7 Å². The quantitative estimate of drug-likeness (QED) is 0.177. The second-order valence-electron chi connectivity index (χ2n) is 9.39. The Morgan fingerprint density at radius 1 is 0.706 bits per heavy atom. The first kappa shape index (κ1) is 18.1. The number of furan rings is 1. The first-order chi connectivity index (χ1) is 16.7. The molecule has 0 aliphatic rings. The standard InChI is InChI=1S/C31H21N2O/c1-18-6-5-9-22-25-17-28-26(16-27(25)33-15-14-32(2)31(33)29(18)22)24-13-12-21-20-8-4-3-7-19(20)10-11-23(21)30(24)34-28/h3-17H,1-2H3/q+1. The van der Waals surface area contributed by atoms with E-state index in [9.17, 15) is 0 Å². The van der Waals surface area contributed by atoms with Gasteiger partial charge in [0.05, 0.1) is 12.4 Å². The number of aryl methyl sites for hydroxylation is 2. The van der Waals surface area contributed by atoms with Crippen molar-refractivity contribution in [1.82, 2.24) is 4.40 Å². The highest BCUT2D eigenvalue weighted by Gasteiger charge is 2.21. The molecule has 3 heterocycles. The van der Waals surface area contributed by atoms with E-state index < -0.39 is 0 Å². The Hall–Kier alpha value is -4.37. The molecule has 8 aromatic rings. The molecular formula is C31H21N2O+. The van der Waals surface area contributed by atoms with Crippen molar-refractivity contribution in [2.45, 2.75) is 6.92 Å². The lowest BCUT2D eigenvalue weighted by molar-refractivity contribution is -0.643. The highest BCUT2D eigenvalue weighted by atomic mass is 16.3. The maximum Gasteiger partial charge on any atom is 0.294 e. The predicted molar refractivity (Wildman–Crippen MR) is 141 cm³/mol. The van der Waals surface area contributed by atoms with Gasteiger partial charge in [-0.1, -0.05) is 54.6 Å². The van der Waals surface area contributed by atoms with Gasteiger partial charge in [0.1, 0.15) is 29.1 Å². The van der Waals surface area contributed by atoms with Crippen LogP contribution in [0.1, 0.15) is 5.56 Å². The zero-order valence-corrected chi connectivity index (χ0v) is 19.0. The first-order valence-corrected chi connectivity index (χ1v) is 11.7. The number of hydrogen-bond acceptors (Lipinski definition) is 1. The van der Waals surface area contributed by atoms with E-state index in [2.05, 4.69) is 114 Å². The van der Waals surface area contributed by atoms with Crippen LogP contribution in [0.3, 0.4) is 0 Å². The van der Waals surface area contributed by atoms with E-state index in [0.29, 0.717) is 0 Å². The Morgan fingerprint density at radius 3 is 2.44 bits per heavy atom. The number of fused-ring (bicyclic) bond motifs is 13. The van der Waals surface area contributed by atoms with Gasteiger partial charge in [-0.05, 0) is 52.9 Å². The molecule has 0 N–H and O–H groups in total. The molecule has 34 heavy (non-hydrogen) atoms. The van der Waals surface area contributed by atoms with Crippen molar-refractivity contribution < 1.29 is 8.98 Å². The number of rotatable bonds is 0. The van der Waals surface area contributed by atoms with E-state index in [1.54, 1.807) is 0 Å². The van der Waals surface area contributed by atoms with Gasteiger partial charge in [-0.25, -0.2) is 4.57 Å². The van der Waals surface area contributed by atoms with Crippen LogP contribution in [-0.4, -0.2) is 4.40 Å². The Morgan fingerprint density at radius 2 is 1.50 bits per heavy atom. The lowest BCUT2D eigenvalue weighted by Crippen LogP contribution is -2.26. The fourth-order valence-electron chi connectivity index (χ4n) is 5.93. The van der Waals surface area contributed by atoms with Crippen LogP contribution in [0.25, 0.3) is 70.8 Å². The van der Waals surface area contributed by atoms with Gasteiger partial charge in [0.25, 0.3) is 5.65 Å². The number of aromatic nitrogens is 2. The largest absolute Gasteiger partial charge is 0.455 e. The number of nitrogens with zero attached hydrogens (tertiary/aromatic N) is 2. The number of hydrogen-bond donors (Lipinski definition) is 0.